The molecule has 0 unspecified atom stereocenters. The molecule has 1 heterocycles. The number of carbonyl (C=O) groups excluding carboxylic acids is 4. The van der Waals surface area contributed by atoms with Crippen molar-refractivity contribution in [3.05, 3.63) is 0 Å². The van der Waals surface area contributed by atoms with Gasteiger partial charge in [0.1, 0.15) is 12.1 Å². The van der Waals surface area contributed by atoms with Crippen LogP contribution in [0.3, 0.4) is 0 Å². The number of aliphatic carboxylic acids is 1. The van der Waals surface area contributed by atoms with Crippen LogP contribution in [0.2, 0.25) is 0 Å². The van der Waals surface area contributed by atoms with Gasteiger partial charge in [-0.05, 0) is 57.0 Å². The standard InChI is InChI=1S/C37H69N5O8/c1-15-24(8)32(41(12)36(46)30(22(4)5)39-35(45)31(23(6)7)40(10)11)28(49-13)20-29(43)42-18-16-17-27(42)33(50-14)25(9)34(44)38-26(37(47)48)19-21(2)3/h21-28,30-33H,15-20H2,1-14H3,(H,38,44)(H,39,45)(H,47,48)/t24-,25+,26-,27-,28+,30-,31-,32-,33+/m0/s1. The Kier molecular flexibility index (Phi) is 18.9. The lowest BCUT2D eigenvalue weighted by Crippen LogP contribution is -2.59. The SMILES string of the molecule is CC[C@H](C)[C@@H]([C@@H](CC(=O)N1CCC[C@H]1[C@H](OC)[C@@H](C)C(=O)N[C@@H](CC(C)C)C(=O)O)OC)N(C)C(=O)[C@@H](NC(=O)[C@H](C(C)C)N(C)C)C(C)C. The Morgan fingerprint density at radius 1 is 0.880 bits per heavy atom. The van der Waals surface area contributed by atoms with Gasteiger partial charge in [0.2, 0.25) is 23.6 Å². The highest BCUT2D eigenvalue weighted by molar-refractivity contribution is 5.90. The zero-order chi connectivity index (χ0) is 38.6. The van der Waals surface area contributed by atoms with Crippen molar-refractivity contribution in [2.45, 2.75) is 137 Å². The zero-order valence-corrected chi connectivity index (χ0v) is 33.3. The number of ether oxygens (including phenoxy) is 2. The number of hydrogen-bond donors (Lipinski definition) is 3. The van der Waals surface area contributed by atoms with Crippen molar-refractivity contribution in [1.29, 1.82) is 0 Å². The minimum atomic E-state index is -1.09. The number of nitrogens with one attached hydrogen (secondary N) is 2. The van der Waals surface area contributed by atoms with E-state index in [0.717, 1.165) is 12.8 Å². The second-order valence-electron chi connectivity index (χ2n) is 15.5. The second-order valence-corrected chi connectivity index (χ2v) is 15.5. The molecule has 0 aliphatic carbocycles. The normalized spacial score (nSPS) is 19.9. The van der Waals surface area contributed by atoms with Gasteiger partial charge in [-0.1, -0.05) is 68.7 Å². The van der Waals surface area contributed by atoms with Gasteiger partial charge in [-0.2, -0.15) is 0 Å². The van der Waals surface area contributed by atoms with E-state index < -0.39 is 60.2 Å². The van der Waals surface area contributed by atoms with E-state index >= 15 is 0 Å². The summed E-state index contributed by atoms with van der Waals surface area (Å²) in [6.45, 7) is 17.8. The fraction of sp³-hybridized carbons (Fsp3) is 0.865. The molecule has 290 valence electrons. The maximum atomic E-state index is 14.2. The van der Waals surface area contributed by atoms with Gasteiger partial charge in [0.05, 0.1) is 42.7 Å². The molecule has 13 nitrogen and oxygen atoms in total. The van der Waals surface area contributed by atoms with Crippen LogP contribution in [0.25, 0.3) is 0 Å². The van der Waals surface area contributed by atoms with E-state index in [1.54, 1.807) is 30.9 Å². The second kappa shape index (κ2) is 20.9. The molecule has 0 aromatic heterocycles. The van der Waals surface area contributed by atoms with Crippen molar-refractivity contribution in [1.82, 2.24) is 25.3 Å². The van der Waals surface area contributed by atoms with Gasteiger partial charge in [0.25, 0.3) is 0 Å². The van der Waals surface area contributed by atoms with Gasteiger partial charge < -0.3 is 35.0 Å². The molecule has 0 aromatic rings. The average molecular weight is 712 g/mol. The lowest BCUT2D eigenvalue weighted by molar-refractivity contribution is -0.148. The number of likely N-dealkylation sites (N-methyl/N-ethyl adjacent to an activating group) is 2. The number of carboxylic acids is 1. The molecule has 9 atom stereocenters. The van der Waals surface area contributed by atoms with E-state index in [1.165, 1.54) is 7.11 Å². The summed E-state index contributed by atoms with van der Waals surface area (Å²) in [6.07, 6.45) is 1.07. The molecule has 1 aliphatic rings. The van der Waals surface area contributed by atoms with E-state index in [0.29, 0.717) is 19.4 Å². The zero-order valence-electron chi connectivity index (χ0n) is 33.3. The van der Waals surface area contributed by atoms with Gasteiger partial charge in [-0.3, -0.25) is 24.1 Å². The van der Waals surface area contributed by atoms with Crippen molar-refractivity contribution >= 4 is 29.6 Å². The quantitative estimate of drug-likeness (QED) is 0.163. The number of amides is 4. The number of methoxy groups -OCH3 is 2. The highest BCUT2D eigenvalue weighted by Crippen LogP contribution is 2.30. The number of hydrogen-bond acceptors (Lipinski definition) is 8. The third kappa shape index (κ3) is 12.2. The predicted octanol–water partition coefficient (Wildman–Crippen LogP) is 3.25. The highest BCUT2D eigenvalue weighted by atomic mass is 16.5. The third-order valence-electron chi connectivity index (χ3n) is 10.3. The molecule has 0 radical (unpaired) electrons. The topological polar surface area (TPSA) is 158 Å². The molecular formula is C37H69N5O8. The van der Waals surface area contributed by atoms with E-state index in [2.05, 4.69) is 10.6 Å². The first-order valence-corrected chi connectivity index (χ1v) is 18.4. The number of nitrogens with zero attached hydrogens (tertiary/aromatic N) is 3. The fourth-order valence-electron chi connectivity index (χ4n) is 7.41. The van der Waals surface area contributed by atoms with E-state index in [1.807, 2.05) is 74.4 Å². The van der Waals surface area contributed by atoms with E-state index in [-0.39, 0.29) is 47.8 Å². The molecule has 4 amide bonds. The summed E-state index contributed by atoms with van der Waals surface area (Å²) >= 11 is 0. The van der Waals surface area contributed by atoms with Crippen LogP contribution in [-0.4, -0.2) is 134 Å². The van der Waals surface area contributed by atoms with Gasteiger partial charge >= 0.3 is 5.97 Å². The van der Waals surface area contributed by atoms with Crippen molar-refractivity contribution in [3.8, 4) is 0 Å². The monoisotopic (exact) mass is 712 g/mol. The first-order chi connectivity index (χ1) is 23.2. The average Bonchev–Trinajstić information content (AvgIpc) is 3.51. The molecule has 3 N–H and O–H groups in total. The molecule has 13 heteroatoms. The van der Waals surface area contributed by atoms with Crippen LogP contribution in [0, 0.1) is 29.6 Å². The summed E-state index contributed by atoms with van der Waals surface area (Å²) in [4.78, 5) is 71.9. The lowest BCUT2D eigenvalue weighted by atomic mass is 9.89. The summed E-state index contributed by atoms with van der Waals surface area (Å²) < 4.78 is 11.8. The van der Waals surface area contributed by atoms with Crippen LogP contribution in [0.1, 0.15) is 94.4 Å². The first-order valence-electron chi connectivity index (χ1n) is 18.4. The van der Waals surface area contributed by atoms with Crippen LogP contribution >= 0.6 is 0 Å². The molecule has 1 aliphatic heterocycles. The highest BCUT2D eigenvalue weighted by Gasteiger charge is 2.43. The molecule has 50 heavy (non-hydrogen) atoms. The summed E-state index contributed by atoms with van der Waals surface area (Å²) in [6, 6.07) is -3.05. The molecular weight excluding hydrogens is 642 g/mol. The van der Waals surface area contributed by atoms with Crippen LogP contribution in [-0.2, 0) is 33.4 Å². The maximum Gasteiger partial charge on any atom is 0.326 e. The van der Waals surface area contributed by atoms with Crippen LogP contribution in [0.4, 0.5) is 0 Å². The number of carboxylic acid groups (broad SMARTS) is 1. The molecule has 0 bridgehead atoms. The molecule has 1 saturated heterocycles. The Labute approximate surface area is 301 Å². The molecule has 1 rings (SSSR count). The van der Waals surface area contributed by atoms with Crippen molar-refractivity contribution < 1.29 is 38.6 Å². The largest absolute Gasteiger partial charge is 0.480 e. The predicted molar refractivity (Wildman–Crippen MR) is 194 cm³/mol. The Hall–Kier alpha value is -2.77. The third-order valence-corrected chi connectivity index (χ3v) is 10.3. The smallest absolute Gasteiger partial charge is 0.326 e. The van der Waals surface area contributed by atoms with Gasteiger partial charge in [0, 0.05) is 27.8 Å². The Bertz CT molecular complexity index is 1110. The summed E-state index contributed by atoms with van der Waals surface area (Å²) in [5.41, 5.74) is 0. The number of likely N-dealkylation sites (tertiary alicyclic amines) is 1. The van der Waals surface area contributed by atoms with E-state index in [4.69, 9.17) is 9.47 Å². The van der Waals surface area contributed by atoms with Crippen molar-refractivity contribution in [2.24, 2.45) is 29.6 Å². The van der Waals surface area contributed by atoms with Crippen molar-refractivity contribution in [3.63, 3.8) is 0 Å². The molecule has 0 aromatic carbocycles. The van der Waals surface area contributed by atoms with Gasteiger partial charge in [0.15, 0.2) is 0 Å². The minimum absolute atomic E-state index is 0.000865. The van der Waals surface area contributed by atoms with Crippen LogP contribution in [0.5, 0.6) is 0 Å². The summed E-state index contributed by atoms with van der Waals surface area (Å²) in [5.74, 6) is -2.98. The van der Waals surface area contributed by atoms with Crippen molar-refractivity contribution in [2.75, 3.05) is 41.9 Å². The fourth-order valence-corrected chi connectivity index (χ4v) is 7.41. The molecule has 0 spiro atoms. The minimum Gasteiger partial charge on any atom is -0.480 e. The number of rotatable bonds is 21. The number of carbonyl (C=O) groups is 5. The first kappa shape index (κ1) is 45.3. The Balaban J connectivity index is 3.28. The van der Waals surface area contributed by atoms with E-state index in [9.17, 15) is 29.1 Å². The van der Waals surface area contributed by atoms with Gasteiger partial charge in [-0.15, -0.1) is 0 Å². The molecule has 1 fully saturated rings. The maximum absolute atomic E-state index is 14.2. The Morgan fingerprint density at radius 3 is 1.92 bits per heavy atom. The lowest BCUT2D eigenvalue weighted by Gasteiger charge is -2.41. The molecule has 0 saturated carbocycles. The van der Waals surface area contributed by atoms with Crippen LogP contribution in [0.15, 0.2) is 0 Å². The van der Waals surface area contributed by atoms with Crippen LogP contribution < -0.4 is 10.6 Å². The summed E-state index contributed by atoms with van der Waals surface area (Å²) in [5, 5.41) is 15.3. The Morgan fingerprint density at radius 2 is 1.48 bits per heavy atom. The van der Waals surface area contributed by atoms with Gasteiger partial charge in [-0.25, -0.2) is 4.79 Å². The summed E-state index contributed by atoms with van der Waals surface area (Å²) in [7, 11) is 8.45.